The second kappa shape index (κ2) is 7.13. The van der Waals surface area contributed by atoms with Crippen molar-refractivity contribution in [3.63, 3.8) is 0 Å². The molecule has 1 heterocycles. The van der Waals surface area contributed by atoms with Crippen LogP contribution in [0.1, 0.15) is 31.7 Å². The molecule has 1 N–H and O–H groups in total. The van der Waals surface area contributed by atoms with Crippen molar-refractivity contribution in [2.45, 2.75) is 39.2 Å². The zero-order chi connectivity index (χ0) is 12.8. The van der Waals surface area contributed by atoms with E-state index in [-0.39, 0.29) is 6.10 Å². The maximum Gasteiger partial charge on any atom is 0.0766 e. The predicted octanol–water partition coefficient (Wildman–Crippen LogP) is 2.08. The molecule has 17 heavy (non-hydrogen) atoms. The molecule has 0 aliphatic carbocycles. The van der Waals surface area contributed by atoms with Gasteiger partial charge in [-0.3, -0.25) is 4.68 Å². The molecule has 0 aromatic carbocycles. The summed E-state index contributed by atoms with van der Waals surface area (Å²) in [5.41, 5.74) is 2.09. The first-order valence-electron chi connectivity index (χ1n) is 6.06. The molecule has 0 aliphatic rings. The Labute approximate surface area is 111 Å². The normalized spacial score (nSPS) is 13.0. The summed E-state index contributed by atoms with van der Waals surface area (Å²) in [6, 6.07) is 0. The predicted molar refractivity (Wildman–Crippen MR) is 71.1 cm³/mol. The third-order valence-corrected chi connectivity index (χ3v) is 3.65. The number of nitrogens with zero attached hydrogens (tertiary/aromatic N) is 2. The summed E-state index contributed by atoms with van der Waals surface area (Å²) >= 11 is 3.55. The minimum atomic E-state index is -0.377. The van der Waals surface area contributed by atoms with Gasteiger partial charge in [0, 0.05) is 26.7 Å². The van der Waals surface area contributed by atoms with Crippen molar-refractivity contribution in [1.82, 2.24) is 9.78 Å². The van der Waals surface area contributed by atoms with Crippen molar-refractivity contribution in [2.24, 2.45) is 7.05 Å². The number of aryl methyl sites for hydroxylation is 2. The van der Waals surface area contributed by atoms with E-state index < -0.39 is 0 Å². The quantitative estimate of drug-likeness (QED) is 0.785. The van der Waals surface area contributed by atoms with Crippen LogP contribution in [0.25, 0.3) is 0 Å². The molecule has 1 rings (SSSR count). The highest BCUT2D eigenvalue weighted by Crippen LogP contribution is 2.23. The lowest BCUT2D eigenvalue weighted by Crippen LogP contribution is -2.16. The van der Waals surface area contributed by atoms with Crippen LogP contribution in [0.3, 0.4) is 0 Å². The summed E-state index contributed by atoms with van der Waals surface area (Å²) in [5.74, 6) is 0. The molecular weight excluding hydrogens is 284 g/mol. The van der Waals surface area contributed by atoms with Crippen molar-refractivity contribution in [3.8, 4) is 0 Å². The van der Waals surface area contributed by atoms with Gasteiger partial charge in [-0.2, -0.15) is 5.10 Å². The Balaban J connectivity index is 2.58. The standard InChI is InChI=1S/C12H21BrN2O2/c1-4-10-12(13)11(15(3)14-10)8-9(16)6-7-17-5-2/h9,16H,4-8H2,1-3H3. The van der Waals surface area contributed by atoms with Crippen molar-refractivity contribution in [3.05, 3.63) is 15.9 Å². The first kappa shape index (κ1) is 14.7. The minimum Gasteiger partial charge on any atom is -0.393 e. The fourth-order valence-electron chi connectivity index (χ4n) is 1.73. The largest absolute Gasteiger partial charge is 0.393 e. The number of aromatic nitrogens is 2. The van der Waals surface area contributed by atoms with Crippen LogP contribution in [0, 0.1) is 0 Å². The van der Waals surface area contributed by atoms with E-state index in [9.17, 15) is 5.11 Å². The Morgan fingerprint density at radius 1 is 1.47 bits per heavy atom. The van der Waals surface area contributed by atoms with Gasteiger partial charge in [0.15, 0.2) is 0 Å². The lowest BCUT2D eigenvalue weighted by Gasteiger charge is -2.11. The molecule has 0 aliphatic heterocycles. The van der Waals surface area contributed by atoms with Crippen LogP contribution in [0.4, 0.5) is 0 Å². The molecular formula is C12H21BrN2O2. The molecule has 0 fully saturated rings. The molecule has 0 bridgehead atoms. The number of aliphatic hydroxyl groups is 1. The van der Waals surface area contributed by atoms with Gasteiger partial charge in [0.05, 0.1) is 22.0 Å². The van der Waals surface area contributed by atoms with E-state index in [1.165, 1.54) is 0 Å². The fraction of sp³-hybridized carbons (Fsp3) is 0.750. The molecule has 98 valence electrons. The van der Waals surface area contributed by atoms with Gasteiger partial charge < -0.3 is 9.84 Å². The molecule has 1 aromatic rings. The summed E-state index contributed by atoms with van der Waals surface area (Å²) < 4.78 is 8.10. The Morgan fingerprint density at radius 3 is 2.71 bits per heavy atom. The topological polar surface area (TPSA) is 47.3 Å². The van der Waals surface area contributed by atoms with Crippen molar-refractivity contribution >= 4 is 15.9 Å². The van der Waals surface area contributed by atoms with Crippen LogP contribution in [0.15, 0.2) is 4.47 Å². The molecule has 0 amide bonds. The van der Waals surface area contributed by atoms with Crippen LogP contribution in [-0.4, -0.2) is 34.2 Å². The lowest BCUT2D eigenvalue weighted by atomic mass is 10.1. The monoisotopic (exact) mass is 304 g/mol. The summed E-state index contributed by atoms with van der Waals surface area (Å²) in [5, 5.41) is 14.3. The molecule has 0 radical (unpaired) electrons. The second-order valence-electron chi connectivity index (χ2n) is 4.03. The third kappa shape index (κ3) is 4.08. The molecule has 0 saturated carbocycles. The van der Waals surface area contributed by atoms with Gasteiger partial charge in [0.1, 0.15) is 0 Å². The number of ether oxygens (including phenoxy) is 1. The molecule has 1 aromatic heterocycles. The van der Waals surface area contributed by atoms with E-state index in [0.29, 0.717) is 26.1 Å². The highest BCUT2D eigenvalue weighted by molar-refractivity contribution is 9.10. The lowest BCUT2D eigenvalue weighted by molar-refractivity contribution is 0.0877. The number of rotatable bonds is 7. The van der Waals surface area contributed by atoms with Crippen LogP contribution < -0.4 is 0 Å². The van der Waals surface area contributed by atoms with E-state index in [1.807, 2.05) is 18.7 Å². The Hall–Kier alpha value is -0.390. The number of hydrogen-bond donors (Lipinski definition) is 1. The highest BCUT2D eigenvalue weighted by atomic mass is 79.9. The Morgan fingerprint density at radius 2 is 2.18 bits per heavy atom. The molecule has 4 nitrogen and oxygen atoms in total. The zero-order valence-corrected chi connectivity index (χ0v) is 12.3. The van der Waals surface area contributed by atoms with Crippen LogP contribution >= 0.6 is 15.9 Å². The third-order valence-electron chi connectivity index (χ3n) is 2.73. The summed E-state index contributed by atoms with van der Waals surface area (Å²) in [6.45, 7) is 5.33. The minimum absolute atomic E-state index is 0.377. The van der Waals surface area contributed by atoms with Gasteiger partial charge in [-0.15, -0.1) is 0 Å². The van der Waals surface area contributed by atoms with Gasteiger partial charge in [0.25, 0.3) is 0 Å². The molecule has 0 saturated heterocycles. The Bertz CT molecular complexity index is 353. The first-order chi connectivity index (χ1) is 8.10. The van der Waals surface area contributed by atoms with E-state index in [2.05, 4.69) is 28.0 Å². The number of hydrogen-bond acceptors (Lipinski definition) is 3. The van der Waals surface area contributed by atoms with Gasteiger partial charge in [-0.1, -0.05) is 6.92 Å². The van der Waals surface area contributed by atoms with E-state index in [4.69, 9.17) is 4.74 Å². The van der Waals surface area contributed by atoms with Crippen molar-refractivity contribution < 1.29 is 9.84 Å². The van der Waals surface area contributed by atoms with Crippen molar-refractivity contribution in [2.75, 3.05) is 13.2 Å². The van der Waals surface area contributed by atoms with Gasteiger partial charge in [-0.25, -0.2) is 0 Å². The SMILES string of the molecule is CCOCCC(O)Cc1c(Br)c(CC)nn1C. The highest BCUT2D eigenvalue weighted by Gasteiger charge is 2.15. The molecule has 1 unspecified atom stereocenters. The van der Waals surface area contributed by atoms with Gasteiger partial charge in [0.2, 0.25) is 0 Å². The van der Waals surface area contributed by atoms with E-state index >= 15 is 0 Å². The average Bonchev–Trinajstić information content (AvgIpc) is 2.57. The summed E-state index contributed by atoms with van der Waals surface area (Å²) in [7, 11) is 1.91. The maximum atomic E-state index is 9.92. The van der Waals surface area contributed by atoms with Crippen LogP contribution in [-0.2, 0) is 24.6 Å². The van der Waals surface area contributed by atoms with Gasteiger partial charge in [-0.05, 0) is 35.7 Å². The first-order valence-corrected chi connectivity index (χ1v) is 6.85. The van der Waals surface area contributed by atoms with Crippen LogP contribution in [0.2, 0.25) is 0 Å². The summed E-state index contributed by atoms with van der Waals surface area (Å²) in [4.78, 5) is 0. The zero-order valence-electron chi connectivity index (χ0n) is 10.7. The Kier molecular flexibility index (Phi) is 6.16. The van der Waals surface area contributed by atoms with Crippen molar-refractivity contribution in [1.29, 1.82) is 0 Å². The van der Waals surface area contributed by atoms with E-state index in [0.717, 1.165) is 22.3 Å². The van der Waals surface area contributed by atoms with E-state index in [1.54, 1.807) is 0 Å². The van der Waals surface area contributed by atoms with Crippen LogP contribution in [0.5, 0.6) is 0 Å². The molecule has 1 atom stereocenters. The smallest absolute Gasteiger partial charge is 0.0766 e. The summed E-state index contributed by atoms with van der Waals surface area (Å²) in [6.07, 6.45) is 1.78. The number of aliphatic hydroxyl groups excluding tert-OH is 1. The molecule has 5 heteroatoms. The maximum absolute atomic E-state index is 9.92. The fourth-order valence-corrected chi connectivity index (χ4v) is 2.51. The van der Waals surface area contributed by atoms with Gasteiger partial charge >= 0.3 is 0 Å². The molecule has 0 spiro atoms. The average molecular weight is 305 g/mol. The second-order valence-corrected chi connectivity index (χ2v) is 4.82. The number of halogens is 1.